The molecule has 0 aliphatic heterocycles. The Morgan fingerprint density at radius 1 is 1.15 bits per heavy atom. The zero-order valence-corrected chi connectivity index (χ0v) is 12.1. The molecule has 2 aromatic rings. The van der Waals surface area contributed by atoms with Gasteiger partial charge in [-0.3, -0.25) is 0 Å². The van der Waals surface area contributed by atoms with Crippen LogP contribution in [0.15, 0.2) is 42.5 Å². The molecule has 0 aliphatic carbocycles. The summed E-state index contributed by atoms with van der Waals surface area (Å²) in [5.41, 5.74) is 1.91. The molecule has 0 heterocycles. The summed E-state index contributed by atoms with van der Waals surface area (Å²) >= 11 is 5.73. The smallest absolute Gasteiger partial charge is 0.141 e. The van der Waals surface area contributed by atoms with Gasteiger partial charge in [-0.25, -0.2) is 4.39 Å². The minimum atomic E-state index is -0.408. The van der Waals surface area contributed by atoms with Crippen molar-refractivity contribution in [2.75, 3.05) is 11.9 Å². The Labute approximate surface area is 123 Å². The molecular weight excluding hydrogens is 277 g/mol. The quantitative estimate of drug-likeness (QED) is 0.819. The summed E-state index contributed by atoms with van der Waals surface area (Å²) in [5, 5.41) is 3.32. The van der Waals surface area contributed by atoms with Crippen LogP contribution in [0.2, 0.25) is 5.02 Å². The zero-order chi connectivity index (χ0) is 14.4. The van der Waals surface area contributed by atoms with E-state index in [0.717, 1.165) is 30.0 Å². The third kappa shape index (κ3) is 4.14. The van der Waals surface area contributed by atoms with Crippen LogP contribution in [-0.4, -0.2) is 6.61 Å². The monoisotopic (exact) mass is 293 g/mol. The molecule has 0 unspecified atom stereocenters. The summed E-state index contributed by atoms with van der Waals surface area (Å²) in [6.07, 6.45) is 0.995. The second kappa shape index (κ2) is 7.15. The minimum Gasteiger partial charge on any atom is -0.494 e. The zero-order valence-electron chi connectivity index (χ0n) is 11.3. The average Bonchev–Trinajstić information content (AvgIpc) is 2.47. The van der Waals surface area contributed by atoms with Crippen LogP contribution in [0, 0.1) is 5.82 Å². The fraction of sp³-hybridized carbons (Fsp3) is 0.250. The third-order valence-electron chi connectivity index (χ3n) is 2.81. The third-order valence-corrected chi connectivity index (χ3v) is 3.10. The van der Waals surface area contributed by atoms with Gasteiger partial charge in [0, 0.05) is 12.2 Å². The Bertz CT molecular complexity index is 557. The van der Waals surface area contributed by atoms with Crippen LogP contribution in [0.5, 0.6) is 5.75 Å². The van der Waals surface area contributed by atoms with Gasteiger partial charge < -0.3 is 10.1 Å². The molecule has 0 amide bonds. The summed E-state index contributed by atoms with van der Waals surface area (Å²) in [4.78, 5) is 0. The second-order valence-corrected chi connectivity index (χ2v) is 4.88. The number of ether oxygens (including phenoxy) is 1. The first-order valence-corrected chi connectivity index (χ1v) is 6.97. The van der Waals surface area contributed by atoms with E-state index in [4.69, 9.17) is 16.3 Å². The lowest BCUT2D eigenvalue weighted by molar-refractivity contribution is 0.317. The molecule has 0 radical (unpaired) electrons. The molecule has 106 valence electrons. The van der Waals surface area contributed by atoms with Crippen LogP contribution >= 0.6 is 11.6 Å². The van der Waals surface area contributed by atoms with Gasteiger partial charge in [-0.05, 0) is 42.3 Å². The first-order chi connectivity index (χ1) is 9.69. The Balaban J connectivity index is 1.91. The number of halogens is 2. The van der Waals surface area contributed by atoms with Crippen LogP contribution in [0.4, 0.5) is 10.1 Å². The van der Waals surface area contributed by atoms with Crippen molar-refractivity contribution in [3.63, 3.8) is 0 Å². The molecular formula is C16H17ClFNO. The van der Waals surface area contributed by atoms with E-state index in [2.05, 4.69) is 12.2 Å². The maximum atomic E-state index is 13.0. The average molecular weight is 294 g/mol. The largest absolute Gasteiger partial charge is 0.494 e. The van der Waals surface area contributed by atoms with Gasteiger partial charge in [-0.1, -0.05) is 30.7 Å². The van der Waals surface area contributed by atoms with Crippen LogP contribution in [-0.2, 0) is 6.54 Å². The first kappa shape index (κ1) is 14.7. The Morgan fingerprint density at radius 3 is 2.55 bits per heavy atom. The van der Waals surface area contributed by atoms with Gasteiger partial charge in [0.1, 0.15) is 11.6 Å². The topological polar surface area (TPSA) is 21.3 Å². The van der Waals surface area contributed by atoms with Gasteiger partial charge in [0.25, 0.3) is 0 Å². The Morgan fingerprint density at radius 2 is 1.90 bits per heavy atom. The van der Waals surface area contributed by atoms with Crippen molar-refractivity contribution in [3.05, 3.63) is 58.9 Å². The lowest BCUT2D eigenvalue weighted by atomic mass is 10.2. The molecule has 0 saturated carbocycles. The van der Waals surface area contributed by atoms with Gasteiger partial charge >= 0.3 is 0 Å². The van der Waals surface area contributed by atoms with Gasteiger partial charge in [0.2, 0.25) is 0 Å². The lowest BCUT2D eigenvalue weighted by Crippen LogP contribution is -2.00. The molecule has 2 aromatic carbocycles. The van der Waals surface area contributed by atoms with E-state index in [1.165, 1.54) is 6.07 Å². The Hall–Kier alpha value is -1.74. The number of nitrogens with one attached hydrogen (secondary N) is 1. The number of hydrogen-bond acceptors (Lipinski definition) is 2. The van der Waals surface area contributed by atoms with Gasteiger partial charge in [0.15, 0.2) is 0 Å². The highest BCUT2D eigenvalue weighted by atomic mass is 35.5. The molecule has 1 N–H and O–H groups in total. The molecule has 20 heavy (non-hydrogen) atoms. The van der Waals surface area contributed by atoms with Crippen molar-refractivity contribution in [2.24, 2.45) is 0 Å². The molecule has 0 bridgehead atoms. The number of rotatable bonds is 6. The Kier molecular flexibility index (Phi) is 5.24. The highest BCUT2D eigenvalue weighted by molar-refractivity contribution is 6.31. The van der Waals surface area contributed by atoms with Crippen LogP contribution in [0.3, 0.4) is 0 Å². The minimum absolute atomic E-state index is 0.123. The van der Waals surface area contributed by atoms with E-state index in [9.17, 15) is 4.39 Å². The molecule has 2 rings (SSSR count). The number of hydrogen-bond donors (Lipinski definition) is 1. The molecule has 0 fully saturated rings. The summed E-state index contributed by atoms with van der Waals surface area (Å²) < 4.78 is 18.6. The maximum absolute atomic E-state index is 13.0. The van der Waals surface area contributed by atoms with Crippen LogP contribution < -0.4 is 10.1 Å². The van der Waals surface area contributed by atoms with E-state index in [-0.39, 0.29) is 5.02 Å². The summed E-state index contributed by atoms with van der Waals surface area (Å²) in [6, 6.07) is 12.5. The lowest BCUT2D eigenvalue weighted by Gasteiger charge is -2.09. The van der Waals surface area contributed by atoms with Crippen molar-refractivity contribution in [1.29, 1.82) is 0 Å². The SMILES string of the molecule is CCCOc1ccc(CNc2ccc(F)c(Cl)c2)cc1. The predicted molar refractivity (Wildman–Crippen MR) is 81.0 cm³/mol. The molecule has 0 atom stereocenters. The molecule has 0 aromatic heterocycles. The first-order valence-electron chi connectivity index (χ1n) is 6.59. The fourth-order valence-corrected chi connectivity index (χ4v) is 1.91. The summed E-state index contributed by atoms with van der Waals surface area (Å²) in [6.45, 7) is 3.45. The van der Waals surface area contributed by atoms with E-state index >= 15 is 0 Å². The maximum Gasteiger partial charge on any atom is 0.141 e. The van der Waals surface area contributed by atoms with Crippen molar-refractivity contribution in [1.82, 2.24) is 0 Å². The molecule has 0 spiro atoms. The highest BCUT2D eigenvalue weighted by Gasteiger charge is 2.01. The summed E-state index contributed by atoms with van der Waals surface area (Å²) in [5.74, 6) is 0.468. The van der Waals surface area contributed by atoms with Crippen molar-refractivity contribution in [3.8, 4) is 5.75 Å². The second-order valence-electron chi connectivity index (χ2n) is 4.47. The molecule has 4 heteroatoms. The van der Waals surface area contributed by atoms with Gasteiger partial charge in [0.05, 0.1) is 11.6 Å². The highest BCUT2D eigenvalue weighted by Crippen LogP contribution is 2.20. The number of anilines is 1. The van der Waals surface area contributed by atoms with Crippen molar-refractivity contribution >= 4 is 17.3 Å². The standard InChI is InChI=1S/C16H17ClFNO/c1-2-9-20-14-6-3-12(4-7-14)11-19-13-5-8-16(18)15(17)10-13/h3-8,10,19H,2,9,11H2,1H3. The predicted octanol–water partition coefficient (Wildman–Crippen LogP) is 4.88. The van der Waals surface area contributed by atoms with Crippen LogP contribution in [0.1, 0.15) is 18.9 Å². The molecule has 0 saturated heterocycles. The van der Waals surface area contributed by atoms with Crippen molar-refractivity contribution in [2.45, 2.75) is 19.9 Å². The van der Waals surface area contributed by atoms with Crippen molar-refractivity contribution < 1.29 is 9.13 Å². The fourth-order valence-electron chi connectivity index (χ4n) is 1.73. The van der Waals surface area contributed by atoms with E-state index in [1.54, 1.807) is 12.1 Å². The van der Waals surface area contributed by atoms with Gasteiger partial charge in [-0.15, -0.1) is 0 Å². The van der Waals surface area contributed by atoms with E-state index in [1.807, 2.05) is 24.3 Å². The molecule has 2 nitrogen and oxygen atoms in total. The summed E-state index contributed by atoms with van der Waals surface area (Å²) in [7, 11) is 0. The normalized spacial score (nSPS) is 10.3. The van der Waals surface area contributed by atoms with E-state index < -0.39 is 5.82 Å². The van der Waals surface area contributed by atoms with Gasteiger partial charge in [-0.2, -0.15) is 0 Å². The molecule has 0 aliphatic rings. The van der Waals surface area contributed by atoms with E-state index in [0.29, 0.717) is 6.54 Å². The van der Waals surface area contributed by atoms with Crippen LogP contribution in [0.25, 0.3) is 0 Å². The number of benzene rings is 2.